The fourth-order valence-electron chi connectivity index (χ4n) is 0.503. The molecule has 0 radical (unpaired) electrons. The zero-order chi connectivity index (χ0) is 9.85. The zero-order valence-corrected chi connectivity index (χ0v) is 8.56. The van der Waals surface area contributed by atoms with Crippen molar-refractivity contribution >= 4 is 28.5 Å². The molecule has 0 fully saturated rings. The Morgan fingerprint density at radius 3 is 2.42 bits per heavy atom. The topological polar surface area (TPSA) is 49.7 Å². The van der Waals surface area contributed by atoms with Gasteiger partial charge in [-0.1, -0.05) is 0 Å². The van der Waals surface area contributed by atoms with E-state index in [0.29, 0.717) is 0 Å². The van der Waals surface area contributed by atoms with Crippen LogP contribution in [0.5, 0.6) is 0 Å². The first-order valence-electron chi connectivity index (χ1n) is 2.95. The quantitative estimate of drug-likeness (QED) is 0.442. The summed E-state index contributed by atoms with van der Waals surface area (Å²) >= 11 is 10.1. The Balaban J connectivity index is 4.24. The van der Waals surface area contributed by atoms with E-state index in [9.17, 15) is 0 Å². The number of terminal acetylenes is 1. The molecule has 0 aromatic carbocycles. The van der Waals surface area contributed by atoms with Crippen LogP contribution in [-0.4, -0.2) is 15.9 Å². The maximum absolute atomic E-state index is 8.89. The minimum atomic E-state index is -4.96. The van der Waals surface area contributed by atoms with E-state index in [1.54, 1.807) is 0 Å². The van der Waals surface area contributed by atoms with E-state index in [-0.39, 0.29) is 6.42 Å². The average Bonchev–Trinajstić information content (AvgIpc) is 1.82. The summed E-state index contributed by atoms with van der Waals surface area (Å²) in [5.74, 6) is -2.71. The Morgan fingerprint density at radius 2 is 2.17 bits per heavy atom. The molecule has 70 valence electrons. The van der Waals surface area contributed by atoms with Gasteiger partial charge in [0.15, 0.2) is 0 Å². The predicted molar refractivity (Wildman–Crippen MR) is 51.6 cm³/mol. The Morgan fingerprint density at radius 1 is 1.67 bits per heavy atom. The van der Waals surface area contributed by atoms with Crippen molar-refractivity contribution in [2.24, 2.45) is 0 Å². The molecular weight excluding hydrogens is 222 g/mol. The molecular formula is C6H9Cl2O3P. The second-order valence-corrected chi connectivity index (χ2v) is 7.95. The predicted octanol–water partition coefficient (Wildman–Crippen LogP) is 2.17. The van der Waals surface area contributed by atoms with Gasteiger partial charge < -0.3 is 0 Å². The Labute approximate surface area is 80.7 Å². The van der Waals surface area contributed by atoms with Gasteiger partial charge in [0.1, 0.15) is 0 Å². The van der Waals surface area contributed by atoms with Crippen LogP contribution in [0.2, 0.25) is 0 Å². The third-order valence-corrected chi connectivity index (χ3v) is 1.99. The fourth-order valence-corrected chi connectivity index (χ4v) is 1.72. The van der Waals surface area contributed by atoms with Crippen LogP contribution in [0.15, 0.2) is 12.7 Å². The first-order chi connectivity index (χ1) is 5.24. The summed E-state index contributed by atoms with van der Waals surface area (Å²) in [6, 6.07) is 0. The summed E-state index contributed by atoms with van der Waals surface area (Å²) in [6.07, 6.45) is 5.62. The molecule has 0 aliphatic carbocycles. The summed E-state index contributed by atoms with van der Waals surface area (Å²) in [7, 11) is 0. The normalized spacial score (nSPS) is 17.1. The summed E-state index contributed by atoms with van der Waals surface area (Å²) in [5, 5.41) is 0. The van der Waals surface area contributed by atoms with Gasteiger partial charge in [0.05, 0.1) is 0 Å². The second-order valence-electron chi connectivity index (χ2n) is 2.04. The number of hydrogen-bond acceptors (Lipinski definition) is 3. The molecule has 1 unspecified atom stereocenters. The van der Waals surface area contributed by atoms with Gasteiger partial charge in [-0.25, -0.2) is 0 Å². The minimum absolute atomic E-state index is 0.127. The maximum atomic E-state index is 8.89. The number of rotatable bonds is 4. The van der Waals surface area contributed by atoms with E-state index < -0.39 is 12.1 Å². The second kappa shape index (κ2) is 3.93. The van der Waals surface area contributed by atoms with Crippen LogP contribution in [0.3, 0.4) is 0 Å². The standard InChI is InChI=1S/C6H9Cl2O3P/c1-3-5-6(4-2)11-12(7,8,9)10/h1,4,6,9-10H,2,5H2. The summed E-state index contributed by atoms with van der Waals surface area (Å²) in [4.78, 5) is 17.8. The van der Waals surface area contributed by atoms with Crippen molar-refractivity contribution in [2.75, 3.05) is 0 Å². The monoisotopic (exact) mass is 230 g/mol. The van der Waals surface area contributed by atoms with Crippen molar-refractivity contribution in [3.63, 3.8) is 0 Å². The van der Waals surface area contributed by atoms with Crippen molar-refractivity contribution < 1.29 is 14.3 Å². The molecule has 1 atom stereocenters. The Kier molecular flexibility index (Phi) is 3.99. The van der Waals surface area contributed by atoms with E-state index >= 15 is 0 Å². The number of hydrogen-bond donors (Lipinski definition) is 2. The molecule has 0 saturated heterocycles. The van der Waals surface area contributed by atoms with E-state index in [1.807, 2.05) is 0 Å². The summed E-state index contributed by atoms with van der Waals surface area (Å²) < 4.78 is 4.53. The van der Waals surface area contributed by atoms with Crippen LogP contribution in [0.1, 0.15) is 6.42 Å². The van der Waals surface area contributed by atoms with Gasteiger partial charge in [-0.2, -0.15) is 0 Å². The van der Waals surface area contributed by atoms with Crippen LogP contribution in [0.4, 0.5) is 0 Å². The van der Waals surface area contributed by atoms with Crippen LogP contribution in [-0.2, 0) is 4.52 Å². The van der Waals surface area contributed by atoms with Crippen LogP contribution >= 0.6 is 28.5 Å². The van der Waals surface area contributed by atoms with Gasteiger partial charge in [-0.3, -0.25) is 0 Å². The number of halogens is 2. The Bertz CT molecular complexity index is 206. The van der Waals surface area contributed by atoms with Gasteiger partial charge in [-0.05, 0) is 0 Å². The molecule has 0 aromatic heterocycles. The Hall–Kier alpha value is 0.190. The molecule has 0 aromatic rings. The summed E-state index contributed by atoms with van der Waals surface area (Å²) in [5.41, 5.74) is 0. The molecule has 0 rings (SSSR count). The van der Waals surface area contributed by atoms with Gasteiger partial charge in [0.25, 0.3) is 0 Å². The zero-order valence-electron chi connectivity index (χ0n) is 6.15. The van der Waals surface area contributed by atoms with E-state index in [4.69, 9.17) is 38.7 Å². The van der Waals surface area contributed by atoms with E-state index in [0.717, 1.165) is 0 Å². The molecule has 3 nitrogen and oxygen atoms in total. The molecule has 0 spiro atoms. The molecule has 0 amide bonds. The fraction of sp³-hybridized carbons (Fsp3) is 0.333. The van der Waals surface area contributed by atoms with Crippen molar-refractivity contribution in [3.05, 3.63) is 12.7 Å². The van der Waals surface area contributed by atoms with Gasteiger partial charge in [0.2, 0.25) is 0 Å². The molecule has 0 saturated carbocycles. The van der Waals surface area contributed by atoms with Gasteiger partial charge in [-0.15, -0.1) is 0 Å². The molecule has 0 aliphatic rings. The molecule has 2 N–H and O–H groups in total. The SMILES string of the molecule is C#CCC(C=C)OP(O)(O)(Cl)Cl. The van der Waals surface area contributed by atoms with Crippen molar-refractivity contribution in [1.29, 1.82) is 0 Å². The third-order valence-electron chi connectivity index (χ3n) is 0.891. The first kappa shape index (κ1) is 12.2. The van der Waals surface area contributed by atoms with Crippen LogP contribution in [0, 0.1) is 12.3 Å². The molecule has 6 heteroatoms. The van der Waals surface area contributed by atoms with Crippen molar-refractivity contribution in [1.82, 2.24) is 0 Å². The third kappa shape index (κ3) is 6.87. The first-order valence-corrected chi connectivity index (χ1v) is 6.82. The van der Waals surface area contributed by atoms with Gasteiger partial charge >= 0.3 is 80.3 Å². The average molecular weight is 231 g/mol. The van der Waals surface area contributed by atoms with E-state index in [1.165, 1.54) is 6.08 Å². The van der Waals surface area contributed by atoms with Crippen molar-refractivity contribution in [3.8, 4) is 12.3 Å². The molecule has 0 aliphatic heterocycles. The van der Waals surface area contributed by atoms with Crippen LogP contribution in [0.25, 0.3) is 0 Å². The van der Waals surface area contributed by atoms with Crippen LogP contribution < -0.4 is 0 Å². The van der Waals surface area contributed by atoms with E-state index in [2.05, 4.69) is 17.0 Å². The summed E-state index contributed by atoms with van der Waals surface area (Å²) in [6.45, 7) is 3.36. The van der Waals surface area contributed by atoms with Crippen molar-refractivity contribution in [2.45, 2.75) is 12.5 Å². The van der Waals surface area contributed by atoms with Gasteiger partial charge in [0, 0.05) is 0 Å². The molecule has 0 heterocycles. The molecule has 0 bridgehead atoms. The molecule has 12 heavy (non-hydrogen) atoms.